The third-order valence-electron chi connectivity index (χ3n) is 5.53. The Bertz CT molecular complexity index is 1290. The van der Waals surface area contributed by atoms with Crippen molar-refractivity contribution in [1.29, 1.82) is 0 Å². The van der Waals surface area contributed by atoms with E-state index in [2.05, 4.69) is 35.9 Å². The Kier molecular flexibility index (Phi) is 4.70. The number of para-hydroxylation sites is 1. The Labute approximate surface area is 182 Å². The van der Waals surface area contributed by atoms with Crippen molar-refractivity contribution in [1.82, 2.24) is 5.01 Å². The number of rotatable bonds is 4. The third kappa shape index (κ3) is 3.88. The zero-order chi connectivity index (χ0) is 21.6. The topological polar surface area (TPSA) is 71.0 Å². The lowest BCUT2D eigenvalue weighted by Gasteiger charge is -2.38. The first-order valence-electron chi connectivity index (χ1n) is 10.1. The maximum absolute atomic E-state index is 11.6. The molecule has 2 heterocycles. The van der Waals surface area contributed by atoms with Crippen LogP contribution < -0.4 is 9.46 Å². The molecule has 6 nitrogen and oxygen atoms in total. The fourth-order valence-electron chi connectivity index (χ4n) is 4.23. The summed E-state index contributed by atoms with van der Waals surface area (Å²) in [6.07, 6.45) is 1.54. The monoisotopic (exact) mass is 433 g/mol. The smallest absolute Gasteiger partial charge is 0.229 e. The van der Waals surface area contributed by atoms with Crippen molar-refractivity contribution < 1.29 is 13.2 Å². The molecule has 3 aromatic rings. The van der Waals surface area contributed by atoms with Gasteiger partial charge in [-0.3, -0.25) is 4.72 Å². The van der Waals surface area contributed by atoms with Crippen LogP contribution in [-0.4, -0.2) is 25.4 Å². The molecule has 0 radical (unpaired) electrons. The zero-order valence-corrected chi connectivity index (χ0v) is 18.1. The first kappa shape index (κ1) is 19.6. The molecule has 0 spiro atoms. The van der Waals surface area contributed by atoms with Crippen molar-refractivity contribution in [2.75, 3.05) is 11.0 Å². The van der Waals surface area contributed by atoms with Crippen LogP contribution >= 0.6 is 0 Å². The van der Waals surface area contributed by atoms with Crippen LogP contribution in [0.3, 0.4) is 0 Å². The molecule has 3 aromatic carbocycles. The summed E-state index contributed by atoms with van der Waals surface area (Å²) >= 11 is 0. The van der Waals surface area contributed by atoms with Gasteiger partial charge in [-0.25, -0.2) is 13.4 Å². The van der Waals surface area contributed by atoms with Crippen LogP contribution in [0.5, 0.6) is 5.75 Å². The second-order valence-electron chi connectivity index (χ2n) is 8.02. The van der Waals surface area contributed by atoms with Crippen molar-refractivity contribution in [2.45, 2.75) is 25.6 Å². The number of fused-ring (bicyclic) bond motifs is 3. The van der Waals surface area contributed by atoms with E-state index in [1.807, 2.05) is 47.5 Å². The van der Waals surface area contributed by atoms with E-state index in [0.717, 1.165) is 34.4 Å². The van der Waals surface area contributed by atoms with E-state index < -0.39 is 10.0 Å². The van der Waals surface area contributed by atoms with E-state index >= 15 is 0 Å². The zero-order valence-electron chi connectivity index (χ0n) is 17.3. The highest BCUT2D eigenvalue weighted by Gasteiger charge is 2.40. The fraction of sp³-hybridized carbons (Fsp3) is 0.208. The van der Waals surface area contributed by atoms with Crippen LogP contribution in [0.15, 0.2) is 77.9 Å². The number of hydrogen-bond acceptors (Lipinski definition) is 5. The van der Waals surface area contributed by atoms with Crippen LogP contribution in [0, 0.1) is 6.92 Å². The molecule has 2 aliphatic heterocycles. The minimum absolute atomic E-state index is 0.0528. The number of ether oxygens (including phenoxy) is 1. The van der Waals surface area contributed by atoms with E-state index in [1.54, 1.807) is 6.07 Å². The largest absolute Gasteiger partial charge is 0.464 e. The standard InChI is InChI=1S/C24H23N3O3S/c1-16-7-5-9-18(13-16)24-27-22(20-11-3-4-12-23(20)30-24)15-21(25-27)17-8-6-10-19(14-17)26-31(2,28)29/h3-14,22,24,26H,15H2,1-2H3. The first-order chi connectivity index (χ1) is 14.9. The van der Waals surface area contributed by atoms with E-state index in [1.165, 1.54) is 5.56 Å². The molecule has 0 aromatic heterocycles. The highest BCUT2D eigenvalue weighted by Crippen LogP contribution is 2.47. The number of sulfonamides is 1. The predicted octanol–water partition coefficient (Wildman–Crippen LogP) is 4.61. The minimum Gasteiger partial charge on any atom is -0.464 e. The number of benzene rings is 3. The SMILES string of the molecule is Cc1cccc(C2Oc3ccccc3C3CC(c4cccc(NS(C)(=O)=O)c4)=NN32)c1. The highest BCUT2D eigenvalue weighted by atomic mass is 32.2. The van der Waals surface area contributed by atoms with Crippen LogP contribution in [0.1, 0.15) is 40.9 Å². The number of anilines is 1. The molecule has 5 rings (SSSR count). The molecule has 0 saturated carbocycles. The van der Waals surface area contributed by atoms with Gasteiger partial charge in [-0.15, -0.1) is 0 Å². The first-order valence-corrected chi connectivity index (χ1v) is 12.0. The van der Waals surface area contributed by atoms with Gasteiger partial charge in [-0.2, -0.15) is 5.10 Å². The molecule has 0 amide bonds. The average molecular weight is 434 g/mol. The molecule has 0 bridgehead atoms. The molecule has 1 N–H and O–H groups in total. The molecule has 2 unspecified atom stereocenters. The number of nitrogens with zero attached hydrogens (tertiary/aromatic N) is 2. The lowest BCUT2D eigenvalue weighted by molar-refractivity contribution is -0.0190. The van der Waals surface area contributed by atoms with E-state index in [-0.39, 0.29) is 12.3 Å². The van der Waals surface area contributed by atoms with E-state index in [9.17, 15) is 8.42 Å². The normalized spacial score (nSPS) is 19.8. The van der Waals surface area contributed by atoms with Crippen molar-refractivity contribution >= 4 is 21.4 Å². The molecule has 0 fully saturated rings. The summed E-state index contributed by atoms with van der Waals surface area (Å²) in [7, 11) is -3.35. The summed E-state index contributed by atoms with van der Waals surface area (Å²) in [4.78, 5) is 0. The molecule has 0 aliphatic carbocycles. The van der Waals surface area contributed by atoms with Crippen molar-refractivity contribution in [2.24, 2.45) is 5.10 Å². The van der Waals surface area contributed by atoms with E-state index in [0.29, 0.717) is 12.1 Å². The van der Waals surface area contributed by atoms with Gasteiger partial charge in [0.15, 0.2) is 0 Å². The number of aryl methyl sites for hydroxylation is 1. The molecule has 31 heavy (non-hydrogen) atoms. The second-order valence-corrected chi connectivity index (χ2v) is 9.77. The maximum Gasteiger partial charge on any atom is 0.229 e. The third-order valence-corrected chi connectivity index (χ3v) is 6.13. The lowest BCUT2D eigenvalue weighted by atomic mass is 9.95. The van der Waals surface area contributed by atoms with Crippen LogP contribution in [0.25, 0.3) is 0 Å². The maximum atomic E-state index is 11.6. The summed E-state index contributed by atoms with van der Waals surface area (Å²) in [5.74, 6) is 0.874. The van der Waals surface area contributed by atoms with Crippen molar-refractivity contribution in [3.63, 3.8) is 0 Å². The fourth-order valence-corrected chi connectivity index (χ4v) is 4.78. The van der Waals surface area contributed by atoms with Gasteiger partial charge in [0.2, 0.25) is 16.3 Å². The molecular weight excluding hydrogens is 410 g/mol. The van der Waals surface area contributed by atoms with Gasteiger partial charge in [0, 0.05) is 23.2 Å². The molecule has 2 aliphatic rings. The Morgan fingerprint density at radius 3 is 2.65 bits per heavy atom. The molecule has 158 valence electrons. The average Bonchev–Trinajstić information content (AvgIpc) is 3.18. The lowest BCUT2D eigenvalue weighted by Crippen LogP contribution is -2.33. The van der Waals surface area contributed by atoms with Gasteiger partial charge in [0.25, 0.3) is 0 Å². The summed E-state index contributed by atoms with van der Waals surface area (Å²) in [6.45, 7) is 2.07. The van der Waals surface area contributed by atoms with Crippen molar-refractivity contribution in [3.05, 3.63) is 95.1 Å². The number of hydrazone groups is 1. The van der Waals surface area contributed by atoms with Crippen molar-refractivity contribution in [3.8, 4) is 5.75 Å². The molecule has 0 saturated heterocycles. The summed E-state index contributed by atoms with van der Waals surface area (Å²) in [6, 6.07) is 23.8. The van der Waals surface area contributed by atoms with Gasteiger partial charge >= 0.3 is 0 Å². The second kappa shape index (κ2) is 7.42. The molecular formula is C24H23N3O3S. The summed E-state index contributed by atoms with van der Waals surface area (Å²) in [5, 5.41) is 6.98. The highest BCUT2D eigenvalue weighted by molar-refractivity contribution is 7.92. The van der Waals surface area contributed by atoms with Crippen LogP contribution in [0.2, 0.25) is 0 Å². The Morgan fingerprint density at radius 1 is 1.03 bits per heavy atom. The summed E-state index contributed by atoms with van der Waals surface area (Å²) in [5.41, 5.74) is 5.65. The number of nitrogens with one attached hydrogen (secondary N) is 1. The Morgan fingerprint density at radius 2 is 1.84 bits per heavy atom. The van der Waals surface area contributed by atoms with Gasteiger partial charge in [-0.05, 0) is 30.7 Å². The summed E-state index contributed by atoms with van der Waals surface area (Å²) < 4.78 is 32.2. The Balaban J connectivity index is 1.55. The van der Waals surface area contributed by atoms with Gasteiger partial charge in [-0.1, -0.05) is 60.2 Å². The quantitative estimate of drug-likeness (QED) is 0.652. The number of hydrogen-bond donors (Lipinski definition) is 1. The predicted molar refractivity (Wildman–Crippen MR) is 122 cm³/mol. The Hall–Kier alpha value is -3.32. The van der Waals surface area contributed by atoms with Gasteiger partial charge in [0.1, 0.15) is 5.75 Å². The van der Waals surface area contributed by atoms with Gasteiger partial charge in [0.05, 0.1) is 18.0 Å². The molecule has 7 heteroatoms. The van der Waals surface area contributed by atoms with Crippen LogP contribution in [0.4, 0.5) is 5.69 Å². The van der Waals surface area contributed by atoms with Gasteiger partial charge < -0.3 is 4.74 Å². The molecule has 2 atom stereocenters. The van der Waals surface area contributed by atoms with E-state index in [4.69, 9.17) is 9.84 Å². The minimum atomic E-state index is -3.35. The van der Waals surface area contributed by atoms with Crippen LogP contribution in [-0.2, 0) is 10.0 Å².